The van der Waals surface area contributed by atoms with Crippen LogP contribution in [0.1, 0.15) is 35.4 Å². The Labute approximate surface area is 131 Å². The van der Waals surface area contributed by atoms with Crippen LogP contribution in [-0.4, -0.2) is 22.0 Å². The number of carbonyl (C=O) groups is 2. The van der Waals surface area contributed by atoms with E-state index in [1.54, 1.807) is 24.3 Å². The molecule has 0 amide bonds. The highest BCUT2D eigenvalue weighted by molar-refractivity contribution is 6.02. The van der Waals surface area contributed by atoms with Gasteiger partial charge >= 0.3 is 5.97 Å². The van der Waals surface area contributed by atoms with Crippen molar-refractivity contribution in [1.29, 1.82) is 0 Å². The number of ketones is 1. The molecule has 0 radical (unpaired) electrons. The van der Waals surface area contributed by atoms with Gasteiger partial charge in [0.2, 0.25) is 0 Å². The summed E-state index contributed by atoms with van der Waals surface area (Å²) < 4.78 is 10.7. The number of fused-ring (bicyclic) bond motifs is 1. The number of Topliss-reactive ketones (excluding diaryl/α,β-unsaturated/α-hetero) is 1. The minimum atomic E-state index is -0.539. The second kappa shape index (κ2) is 5.64. The van der Waals surface area contributed by atoms with Gasteiger partial charge in [-0.25, -0.2) is 0 Å². The normalized spacial score (nSPS) is 16.4. The summed E-state index contributed by atoms with van der Waals surface area (Å²) in [7, 11) is 0. The van der Waals surface area contributed by atoms with Crippen molar-refractivity contribution in [3.05, 3.63) is 47.5 Å². The quantitative estimate of drug-likeness (QED) is 0.654. The highest BCUT2D eigenvalue weighted by Gasteiger charge is 2.30. The summed E-state index contributed by atoms with van der Waals surface area (Å²) in [6, 6.07) is 9.02. The van der Waals surface area contributed by atoms with Gasteiger partial charge in [-0.3, -0.25) is 9.59 Å². The number of benzene rings is 2. The van der Waals surface area contributed by atoms with Crippen LogP contribution >= 0.6 is 0 Å². The maximum absolute atomic E-state index is 12.2. The molecular weight excluding hydrogens is 300 g/mol. The predicted octanol–water partition coefficient (Wildman–Crippen LogP) is 2.73. The number of esters is 1. The maximum atomic E-state index is 12.2. The molecule has 1 aliphatic rings. The van der Waals surface area contributed by atoms with E-state index in [2.05, 4.69) is 0 Å². The number of phenols is 2. The van der Waals surface area contributed by atoms with Crippen molar-refractivity contribution in [1.82, 2.24) is 0 Å². The highest BCUT2D eigenvalue weighted by Crippen LogP contribution is 2.41. The topological polar surface area (TPSA) is 93.1 Å². The molecule has 3 rings (SSSR count). The van der Waals surface area contributed by atoms with Crippen LogP contribution in [0.25, 0.3) is 0 Å². The summed E-state index contributed by atoms with van der Waals surface area (Å²) in [5.74, 6) is -0.611. The third-order valence-corrected chi connectivity index (χ3v) is 3.50. The first kappa shape index (κ1) is 14.9. The molecule has 23 heavy (non-hydrogen) atoms. The second-order valence-corrected chi connectivity index (χ2v) is 5.23. The fourth-order valence-electron chi connectivity index (χ4n) is 2.53. The number of carbonyl (C=O) groups excluding carboxylic acids is 2. The molecule has 1 heterocycles. The molecule has 1 aliphatic heterocycles. The maximum Gasteiger partial charge on any atom is 0.308 e. The Bertz CT molecular complexity index is 778. The Morgan fingerprint density at radius 3 is 2.57 bits per heavy atom. The number of phenolic OH excluding ortho intramolecular Hbond substituents is 2. The average molecular weight is 314 g/mol. The van der Waals surface area contributed by atoms with E-state index in [0.29, 0.717) is 5.75 Å². The lowest BCUT2D eigenvalue weighted by Crippen LogP contribution is -2.20. The molecule has 2 N–H and O–H groups in total. The van der Waals surface area contributed by atoms with Gasteiger partial charge in [0.05, 0.1) is 6.42 Å². The Morgan fingerprint density at radius 2 is 1.91 bits per heavy atom. The summed E-state index contributed by atoms with van der Waals surface area (Å²) >= 11 is 0. The number of ether oxygens (including phenoxy) is 2. The molecule has 0 unspecified atom stereocenters. The van der Waals surface area contributed by atoms with Gasteiger partial charge in [-0.2, -0.15) is 0 Å². The van der Waals surface area contributed by atoms with E-state index in [4.69, 9.17) is 9.47 Å². The molecule has 6 nitrogen and oxygen atoms in total. The van der Waals surface area contributed by atoms with Crippen molar-refractivity contribution >= 4 is 11.8 Å². The van der Waals surface area contributed by atoms with Crippen LogP contribution in [0.15, 0.2) is 36.4 Å². The molecule has 0 saturated heterocycles. The Morgan fingerprint density at radius 1 is 1.22 bits per heavy atom. The van der Waals surface area contributed by atoms with Crippen molar-refractivity contribution in [2.75, 3.05) is 0 Å². The Hall–Kier alpha value is -3.02. The van der Waals surface area contributed by atoms with Crippen molar-refractivity contribution in [3.63, 3.8) is 0 Å². The van der Waals surface area contributed by atoms with Gasteiger partial charge in [0.25, 0.3) is 0 Å². The zero-order valence-electron chi connectivity index (χ0n) is 12.3. The summed E-state index contributed by atoms with van der Waals surface area (Å²) in [6.07, 6.45) is -0.472. The van der Waals surface area contributed by atoms with E-state index in [9.17, 15) is 19.8 Å². The minimum Gasteiger partial charge on any atom is -0.508 e. The lowest BCUT2D eigenvalue weighted by Gasteiger charge is -2.26. The highest BCUT2D eigenvalue weighted by atomic mass is 16.5. The van der Waals surface area contributed by atoms with E-state index < -0.39 is 12.1 Å². The van der Waals surface area contributed by atoms with Crippen LogP contribution < -0.4 is 9.47 Å². The van der Waals surface area contributed by atoms with Crippen molar-refractivity contribution < 1.29 is 29.3 Å². The second-order valence-electron chi connectivity index (χ2n) is 5.23. The van der Waals surface area contributed by atoms with E-state index in [0.717, 1.165) is 11.6 Å². The van der Waals surface area contributed by atoms with Gasteiger partial charge in [-0.1, -0.05) is 12.1 Å². The molecule has 0 spiro atoms. The fourth-order valence-corrected chi connectivity index (χ4v) is 2.53. The van der Waals surface area contributed by atoms with E-state index >= 15 is 0 Å². The van der Waals surface area contributed by atoms with Crippen LogP contribution in [0.2, 0.25) is 0 Å². The Balaban J connectivity index is 1.88. The SMILES string of the molecule is CC(=O)Oc1ccc([C@@H]2CC(=O)c3c(O)cc(O)cc3O2)cc1. The third kappa shape index (κ3) is 2.96. The number of hydrogen-bond acceptors (Lipinski definition) is 6. The zero-order chi connectivity index (χ0) is 16.6. The first-order valence-electron chi connectivity index (χ1n) is 6.98. The first-order chi connectivity index (χ1) is 10.9. The van der Waals surface area contributed by atoms with Crippen LogP contribution in [0.4, 0.5) is 0 Å². The lowest BCUT2D eigenvalue weighted by molar-refractivity contribution is -0.131. The molecule has 0 aromatic heterocycles. The van der Waals surface area contributed by atoms with Gasteiger partial charge in [-0.05, 0) is 17.7 Å². The first-order valence-corrected chi connectivity index (χ1v) is 6.98. The molecule has 0 bridgehead atoms. The van der Waals surface area contributed by atoms with Crippen LogP contribution in [0, 0.1) is 0 Å². The Kier molecular flexibility index (Phi) is 3.65. The van der Waals surface area contributed by atoms with Crippen LogP contribution in [0.3, 0.4) is 0 Å². The molecular formula is C17H14O6. The van der Waals surface area contributed by atoms with Gasteiger partial charge in [0.1, 0.15) is 34.7 Å². The zero-order valence-corrected chi connectivity index (χ0v) is 12.3. The molecule has 1 atom stereocenters. The van der Waals surface area contributed by atoms with Crippen molar-refractivity contribution in [3.8, 4) is 23.0 Å². The number of hydrogen-bond donors (Lipinski definition) is 2. The van der Waals surface area contributed by atoms with E-state index in [1.807, 2.05) is 0 Å². The smallest absolute Gasteiger partial charge is 0.308 e. The lowest BCUT2D eigenvalue weighted by atomic mass is 9.95. The summed E-state index contributed by atoms with van der Waals surface area (Å²) in [5.41, 5.74) is 0.804. The van der Waals surface area contributed by atoms with E-state index in [-0.39, 0.29) is 35.0 Å². The summed E-state index contributed by atoms with van der Waals surface area (Å²) in [5, 5.41) is 19.3. The van der Waals surface area contributed by atoms with Gasteiger partial charge < -0.3 is 19.7 Å². The molecule has 2 aromatic carbocycles. The molecule has 0 aliphatic carbocycles. The average Bonchev–Trinajstić information content (AvgIpc) is 2.46. The number of aromatic hydroxyl groups is 2. The standard InChI is InChI=1S/C17H14O6/c1-9(18)22-12-4-2-10(3-5-12)15-8-14(21)17-13(20)6-11(19)7-16(17)23-15/h2-7,15,19-20H,8H2,1H3/t15-/m0/s1. The van der Waals surface area contributed by atoms with Crippen LogP contribution in [0.5, 0.6) is 23.0 Å². The van der Waals surface area contributed by atoms with Crippen molar-refractivity contribution in [2.24, 2.45) is 0 Å². The molecule has 6 heteroatoms. The van der Waals surface area contributed by atoms with Crippen molar-refractivity contribution in [2.45, 2.75) is 19.4 Å². The molecule has 118 valence electrons. The van der Waals surface area contributed by atoms with E-state index in [1.165, 1.54) is 13.0 Å². The third-order valence-electron chi connectivity index (χ3n) is 3.50. The number of rotatable bonds is 2. The molecule has 2 aromatic rings. The predicted molar refractivity (Wildman–Crippen MR) is 79.8 cm³/mol. The summed E-state index contributed by atoms with van der Waals surface area (Å²) in [6.45, 7) is 1.31. The fraction of sp³-hybridized carbons (Fsp3) is 0.176. The monoisotopic (exact) mass is 314 g/mol. The molecule has 0 fully saturated rings. The summed E-state index contributed by atoms with van der Waals surface area (Å²) in [4.78, 5) is 23.1. The van der Waals surface area contributed by atoms with Crippen LogP contribution in [-0.2, 0) is 4.79 Å². The minimum absolute atomic E-state index is 0.0677. The van der Waals surface area contributed by atoms with Gasteiger partial charge in [-0.15, -0.1) is 0 Å². The van der Waals surface area contributed by atoms with Gasteiger partial charge in [0, 0.05) is 19.1 Å². The molecule has 0 saturated carbocycles. The largest absolute Gasteiger partial charge is 0.508 e. The van der Waals surface area contributed by atoms with Gasteiger partial charge in [0.15, 0.2) is 5.78 Å².